The normalized spacial score (nSPS) is 10.7. The number of aromatic nitrogens is 2. The number of nitrogens with zero attached hydrogens (tertiary/aromatic N) is 2. The average Bonchev–Trinajstić information content (AvgIpc) is 2.47. The molecule has 0 unspecified atom stereocenters. The van der Waals surface area contributed by atoms with Crippen LogP contribution < -0.4 is 0 Å². The smallest absolute Gasteiger partial charge is 0.336 e. The van der Waals surface area contributed by atoms with Crippen molar-refractivity contribution in [2.24, 2.45) is 0 Å². The Morgan fingerprint density at radius 1 is 1.10 bits per heavy atom. The third kappa shape index (κ3) is 2.09. The summed E-state index contributed by atoms with van der Waals surface area (Å²) in [7, 11) is 0. The molecule has 98 valence electrons. The van der Waals surface area contributed by atoms with Crippen LogP contribution in [0.4, 0.5) is 4.39 Å². The zero-order chi connectivity index (χ0) is 14.1. The fraction of sp³-hybridized carbons (Fsp3) is 0. The van der Waals surface area contributed by atoms with Gasteiger partial charge in [0.1, 0.15) is 5.82 Å². The number of halogens is 1. The Bertz CT molecular complexity index is 804. The molecule has 2 aromatic heterocycles. The summed E-state index contributed by atoms with van der Waals surface area (Å²) >= 11 is 0. The first kappa shape index (κ1) is 12.2. The van der Waals surface area contributed by atoms with E-state index in [0.717, 1.165) is 0 Å². The van der Waals surface area contributed by atoms with Crippen LogP contribution >= 0.6 is 0 Å². The van der Waals surface area contributed by atoms with E-state index in [9.17, 15) is 14.3 Å². The lowest BCUT2D eigenvalue weighted by molar-refractivity contribution is 0.0699. The van der Waals surface area contributed by atoms with Gasteiger partial charge in [-0.1, -0.05) is 6.07 Å². The fourth-order valence-electron chi connectivity index (χ4n) is 2.02. The number of benzene rings is 1. The van der Waals surface area contributed by atoms with Gasteiger partial charge in [0.15, 0.2) is 0 Å². The monoisotopic (exact) mass is 268 g/mol. The summed E-state index contributed by atoms with van der Waals surface area (Å²) in [5.41, 5.74) is 1.45. The molecule has 3 rings (SSSR count). The molecule has 1 N–H and O–H groups in total. The Morgan fingerprint density at radius 3 is 2.65 bits per heavy atom. The van der Waals surface area contributed by atoms with Gasteiger partial charge in [0.2, 0.25) is 0 Å². The molecule has 0 fully saturated rings. The van der Waals surface area contributed by atoms with Crippen molar-refractivity contribution in [1.82, 2.24) is 9.97 Å². The number of pyridine rings is 2. The molecule has 0 atom stereocenters. The maximum Gasteiger partial charge on any atom is 0.336 e. The Morgan fingerprint density at radius 2 is 1.95 bits per heavy atom. The van der Waals surface area contributed by atoms with Crippen LogP contribution in [0.15, 0.2) is 48.7 Å². The number of carbonyl (C=O) groups is 1. The third-order valence-electron chi connectivity index (χ3n) is 2.93. The van der Waals surface area contributed by atoms with Crippen molar-refractivity contribution in [3.05, 3.63) is 60.0 Å². The summed E-state index contributed by atoms with van der Waals surface area (Å²) in [4.78, 5) is 19.8. The molecule has 4 nitrogen and oxygen atoms in total. The standard InChI is InChI=1S/C15H9FN2O2/c16-9-4-5-12-10(7-9)11(15(19)20)8-14(18-12)13-3-1-2-6-17-13/h1-8H,(H,19,20). The summed E-state index contributed by atoms with van der Waals surface area (Å²) in [5.74, 6) is -1.62. The largest absolute Gasteiger partial charge is 0.478 e. The lowest BCUT2D eigenvalue weighted by atomic mass is 10.1. The maximum atomic E-state index is 13.3. The molecule has 1 aromatic carbocycles. The first-order valence-electron chi connectivity index (χ1n) is 5.90. The predicted molar refractivity (Wildman–Crippen MR) is 71.9 cm³/mol. The Hall–Kier alpha value is -2.82. The van der Waals surface area contributed by atoms with Crippen LogP contribution in [-0.2, 0) is 0 Å². The van der Waals surface area contributed by atoms with E-state index in [2.05, 4.69) is 9.97 Å². The van der Waals surface area contributed by atoms with Crippen LogP contribution in [0, 0.1) is 5.82 Å². The summed E-state index contributed by atoms with van der Waals surface area (Å²) < 4.78 is 13.3. The van der Waals surface area contributed by atoms with E-state index in [4.69, 9.17) is 0 Å². The van der Waals surface area contributed by atoms with Gasteiger partial charge in [0.05, 0.1) is 22.5 Å². The number of carboxylic acids is 1. The van der Waals surface area contributed by atoms with Gasteiger partial charge in [-0.3, -0.25) is 4.98 Å². The molecule has 2 heterocycles. The Kier molecular flexibility index (Phi) is 2.87. The van der Waals surface area contributed by atoms with Crippen LogP contribution in [0.25, 0.3) is 22.3 Å². The van der Waals surface area contributed by atoms with Crippen LogP contribution in [0.5, 0.6) is 0 Å². The molecular weight excluding hydrogens is 259 g/mol. The summed E-state index contributed by atoms with van der Waals surface area (Å²) in [6.45, 7) is 0. The van der Waals surface area contributed by atoms with Crippen molar-refractivity contribution in [2.75, 3.05) is 0 Å². The molecule has 0 aliphatic rings. The van der Waals surface area contributed by atoms with Crippen molar-refractivity contribution in [3.63, 3.8) is 0 Å². The van der Waals surface area contributed by atoms with E-state index >= 15 is 0 Å². The second-order valence-corrected chi connectivity index (χ2v) is 4.24. The van der Waals surface area contributed by atoms with Gasteiger partial charge in [0, 0.05) is 11.6 Å². The molecule has 0 saturated heterocycles. The molecular formula is C15H9FN2O2. The van der Waals surface area contributed by atoms with E-state index in [-0.39, 0.29) is 10.9 Å². The van der Waals surface area contributed by atoms with Gasteiger partial charge in [-0.15, -0.1) is 0 Å². The minimum Gasteiger partial charge on any atom is -0.478 e. The molecule has 3 aromatic rings. The lowest BCUT2D eigenvalue weighted by Gasteiger charge is -2.06. The van der Waals surface area contributed by atoms with Gasteiger partial charge >= 0.3 is 5.97 Å². The summed E-state index contributed by atoms with van der Waals surface area (Å²) in [6.07, 6.45) is 1.60. The fourth-order valence-corrected chi connectivity index (χ4v) is 2.02. The van der Waals surface area contributed by atoms with Crippen molar-refractivity contribution in [1.29, 1.82) is 0 Å². The highest BCUT2D eigenvalue weighted by atomic mass is 19.1. The molecule has 20 heavy (non-hydrogen) atoms. The van der Waals surface area contributed by atoms with E-state index in [1.807, 2.05) is 0 Å². The van der Waals surface area contributed by atoms with Crippen molar-refractivity contribution < 1.29 is 14.3 Å². The van der Waals surface area contributed by atoms with E-state index in [1.54, 1.807) is 24.4 Å². The lowest BCUT2D eigenvalue weighted by Crippen LogP contribution is -2.01. The van der Waals surface area contributed by atoms with Crippen LogP contribution in [0.3, 0.4) is 0 Å². The highest BCUT2D eigenvalue weighted by molar-refractivity contribution is 6.03. The SMILES string of the molecule is O=C(O)c1cc(-c2ccccn2)nc2ccc(F)cc12. The number of carboxylic acid groups (broad SMARTS) is 1. The minimum absolute atomic E-state index is 0.00940. The molecule has 0 radical (unpaired) electrons. The van der Waals surface area contributed by atoms with E-state index in [1.165, 1.54) is 24.3 Å². The molecule has 0 bridgehead atoms. The highest BCUT2D eigenvalue weighted by Crippen LogP contribution is 2.24. The van der Waals surface area contributed by atoms with E-state index < -0.39 is 11.8 Å². The summed E-state index contributed by atoms with van der Waals surface area (Å²) in [6, 6.07) is 10.6. The second kappa shape index (κ2) is 4.70. The van der Waals surface area contributed by atoms with Gasteiger partial charge < -0.3 is 5.11 Å². The zero-order valence-corrected chi connectivity index (χ0v) is 10.2. The number of hydrogen-bond acceptors (Lipinski definition) is 3. The first-order valence-corrected chi connectivity index (χ1v) is 5.90. The van der Waals surface area contributed by atoms with E-state index in [0.29, 0.717) is 16.9 Å². The molecule has 5 heteroatoms. The van der Waals surface area contributed by atoms with Crippen LogP contribution in [-0.4, -0.2) is 21.0 Å². The number of rotatable bonds is 2. The average molecular weight is 268 g/mol. The van der Waals surface area contributed by atoms with Crippen molar-refractivity contribution >= 4 is 16.9 Å². The predicted octanol–water partition coefficient (Wildman–Crippen LogP) is 3.13. The zero-order valence-electron chi connectivity index (χ0n) is 10.2. The number of fused-ring (bicyclic) bond motifs is 1. The van der Waals surface area contributed by atoms with Crippen LogP contribution in [0.1, 0.15) is 10.4 Å². The van der Waals surface area contributed by atoms with Gasteiger partial charge in [0.25, 0.3) is 0 Å². The second-order valence-electron chi connectivity index (χ2n) is 4.24. The van der Waals surface area contributed by atoms with Gasteiger partial charge in [-0.25, -0.2) is 14.2 Å². The minimum atomic E-state index is -1.12. The van der Waals surface area contributed by atoms with Crippen LogP contribution in [0.2, 0.25) is 0 Å². The molecule has 0 aliphatic carbocycles. The third-order valence-corrected chi connectivity index (χ3v) is 2.93. The molecule has 0 saturated carbocycles. The topological polar surface area (TPSA) is 63.1 Å². The number of aromatic carboxylic acids is 1. The quantitative estimate of drug-likeness (QED) is 0.775. The molecule has 0 amide bonds. The molecule has 0 spiro atoms. The van der Waals surface area contributed by atoms with Crippen molar-refractivity contribution in [3.8, 4) is 11.4 Å². The highest BCUT2D eigenvalue weighted by Gasteiger charge is 2.14. The Labute approximate surface area is 113 Å². The molecule has 0 aliphatic heterocycles. The first-order chi connectivity index (χ1) is 9.65. The number of hydrogen-bond donors (Lipinski definition) is 1. The van der Waals surface area contributed by atoms with Crippen molar-refractivity contribution in [2.45, 2.75) is 0 Å². The summed E-state index contributed by atoms with van der Waals surface area (Å²) in [5, 5.41) is 9.55. The van der Waals surface area contributed by atoms with Gasteiger partial charge in [-0.2, -0.15) is 0 Å². The van der Waals surface area contributed by atoms with Gasteiger partial charge in [-0.05, 0) is 36.4 Å². The Balaban J connectivity index is 2.32. The maximum absolute atomic E-state index is 13.3.